The van der Waals surface area contributed by atoms with Gasteiger partial charge in [0.1, 0.15) is 23.1 Å². The molecule has 2 N–H and O–H groups in total. The molecule has 0 bridgehead atoms. The molecule has 41 heavy (non-hydrogen) atoms. The van der Waals surface area contributed by atoms with Crippen molar-refractivity contribution >= 4 is 39.7 Å². The second-order valence-electron chi connectivity index (χ2n) is 9.89. The molecule has 0 amide bonds. The predicted octanol–water partition coefficient (Wildman–Crippen LogP) is 7.01. The zero-order valence-corrected chi connectivity index (χ0v) is 23.5. The summed E-state index contributed by atoms with van der Waals surface area (Å²) < 4.78 is 27.5. The highest BCUT2D eigenvalue weighted by atomic mass is 35.5. The summed E-state index contributed by atoms with van der Waals surface area (Å²) >= 11 is 6.41. The highest BCUT2D eigenvalue weighted by Gasteiger charge is 2.21. The summed E-state index contributed by atoms with van der Waals surface area (Å²) in [5, 5.41) is 15.5. The molecule has 4 heterocycles. The van der Waals surface area contributed by atoms with Crippen LogP contribution >= 0.6 is 11.6 Å². The van der Waals surface area contributed by atoms with Gasteiger partial charge in [0.25, 0.3) is 0 Å². The summed E-state index contributed by atoms with van der Waals surface area (Å²) in [6, 6.07) is 15.6. The lowest BCUT2D eigenvalue weighted by Gasteiger charge is -2.17. The average Bonchev–Trinajstić information content (AvgIpc) is 3.62. The van der Waals surface area contributed by atoms with Crippen molar-refractivity contribution < 1.29 is 19.0 Å². The molecule has 1 aliphatic heterocycles. The van der Waals surface area contributed by atoms with Crippen molar-refractivity contribution in [3.63, 3.8) is 0 Å². The molecule has 0 unspecified atom stereocenters. The monoisotopic (exact) mass is 573 g/mol. The molecule has 0 radical (unpaired) electrons. The van der Waals surface area contributed by atoms with Crippen molar-refractivity contribution in [3.8, 4) is 28.6 Å². The molecule has 0 spiro atoms. The van der Waals surface area contributed by atoms with Gasteiger partial charge < -0.3 is 29.4 Å². The Kier molecular flexibility index (Phi) is 7.28. The number of hydrogen-bond acceptors (Lipinski definition) is 7. The molecular weight excluding hydrogens is 545 g/mol. The van der Waals surface area contributed by atoms with Crippen molar-refractivity contribution in [2.75, 3.05) is 37.5 Å². The molecule has 6 rings (SSSR count). The van der Waals surface area contributed by atoms with E-state index in [1.165, 1.54) is 18.9 Å². The lowest BCUT2D eigenvalue weighted by molar-refractivity contribution is 0.387. The van der Waals surface area contributed by atoms with Crippen LogP contribution in [-0.4, -0.2) is 47.0 Å². The number of hydrogen-bond donors (Lipinski definition) is 2. The maximum Gasteiger partial charge on any atom is 0.203 e. The summed E-state index contributed by atoms with van der Waals surface area (Å²) in [7, 11) is 3.17. The molecule has 5 aromatic rings. The Morgan fingerprint density at radius 3 is 2.59 bits per heavy atom. The Morgan fingerprint density at radius 1 is 1.05 bits per heavy atom. The van der Waals surface area contributed by atoms with Crippen LogP contribution in [-0.2, 0) is 6.54 Å². The van der Waals surface area contributed by atoms with Gasteiger partial charge >= 0.3 is 0 Å². The van der Waals surface area contributed by atoms with E-state index in [0.29, 0.717) is 46.1 Å². The van der Waals surface area contributed by atoms with Crippen molar-refractivity contribution in [1.82, 2.24) is 14.5 Å². The number of aromatic nitrogens is 3. The number of aromatic hydroxyl groups is 1. The van der Waals surface area contributed by atoms with Crippen molar-refractivity contribution in [3.05, 3.63) is 83.4 Å². The van der Waals surface area contributed by atoms with E-state index in [9.17, 15) is 9.50 Å². The van der Waals surface area contributed by atoms with Gasteiger partial charge in [-0.25, -0.2) is 14.4 Å². The zero-order valence-electron chi connectivity index (χ0n) is 22.7. The van der Waals surface area contributed by atoms with E-state index < -0.39 is 5.82 Å². The molecule has 1 aliphatic rings. The number of nitrogens with zero attached hydrogens (tertiary/aromatic N) is 4. The maximum atomic E-state index is 15.0. The number of nitrogens with one attached hydrogen (secondary N) is 1. The lowest BCUT2D eigenvalue weighted by Crippen LogP contribution is -2.17. The fourth-order valence-corrected chi connectivity index (χ4v) is 5.52. The number of halogens is 2. The van der Waals surface area contributed by atoms with Crippen molar-refractivity contribution in [2.24, 2.45) is 0 Å². The Bertz CT molecular complexity index is 1700. The van der Waals surface area contributed by atoms with E-state index in [4.69, 9.17) is 26.1 Å². The van der Waals surface area contributed by atoms with Crippen LogP contribution < -0.4 is 19.7 Å². The van der Waals surface area contributed by atoms with Crippen molar-refractivity contribution in [2.45, 2.75) is 19.4 Å². The van der Waals surface area contributed by atoms with Crippen LogP contribution in [0.3, 0.4) is 0 Å². The molecule has 10 heteroatoms. The number of methoxy groups -OCH3 is 2. The van der Waals surface area contributed by atoms with E-state index in [1.807, 2.05) is 30.5 Å². The quantitative estimate of drug-likeness (QED) is 0.207. The SMILES string of the molecule is COc1ccc(Cn2cc3nc(-c4c(F)cccc4Cl)cc(Nc4ccc(N5CCCC5)cn4)c3c2O)c(OC)c1. The van der Waals surface area contributed by atoms with Gasteiger partial charge in [0.15, 0.2) is 0 Å². The molecule has 1 saturated heterocycles. The minimum Gasteiger partial charge on any atom is -0.497 e. The minimum atomic E-state index is -0.491. The number of anilines is 3. The molecule has 3 aromatic heterocycles. The topological polar surface area (TPSA) is 84.7 Å². The minimum absolute atomic E-state index is 0.00672. The van der Waals surface area contributed by atoms with E-state index in [0.717, 1.165) is 24.3 Å². The van der Waals surface area contributed by atoms with Gasteiger partial charge in [0.2, 0.25) is 5.88 Å². The van der Waals surface area contributed by atoms with Gasteiger partial charge in [-0.15, -0.1) is 0 Å². The van der Waals surface area contributed by atoms with E-state index in [-0.39, 0.29) is 16.5 Å². The Balaban J connectivity index is 1.44. The third-order valence-corrected chi connectivity index (χ3v) is 7.67. The highest BCUT2D eigenvalue weighted by molar-refractivity contribution is 6.33. The van der Waals surface area contributed by atoms with E-state index >= 15 is 0 Å². The Morgan fingerprint density at radius 2 is 1.88 bits per heavy atom. The van der Waals surface area contributed by atoms with Crippen LogP contribution in [0.2, 0.25) is 5.02 Å². The standard InChI is InChI=1S/C31H29ClFN5O3/c1-40-21-10-8-19(27(14-21)41-2)17-38-18-26-30(31(38)39)25(15-24(35-26)29-22(32)6-5-7-23(29)33)36-28-11-9-20(16-34-28)37-12-3-4-13-37/h5-11,14-16,18,39H,3-4,12-13,17H2,1-2H3,(H,34,36). The highest BCUT2D eigenvalue weighted by Crippen LogP contribution is 2.40. The first-order chi connectivity index (χ1) is 19.9. The smallest absolute Gasteiger partial charge is 0.203 e. The molecule has 0 aliphatic carbocycles. The summed E-state index contributed by atoms with van der Waals surface area (Å²) in [6.45, 7) is 2.34. The predicted molar refractivity (Wildman–Crippen MR) is 159 cm³/mol. The van der Waals surface area contributed by atoms with Gasteiger partial charge in [-0.1, -0.05) is 17.7 Å². The third-order valence-electron chi connectivity index (χ3n) is 7.36. The van der Waals surface area contributed by atoms with Gasteiger partial charge in [0.05, 0.1) is 65.5 Å². The zero-order chi connectivity index (χ0) is 28.5. The second kappa shape index (κ2) is 11.2. The van der Waals surface area contributed by atoms with Gasteiger partial charge in [-0.05, 0) is 55.3 Å². The van der Waals surface area contributed by atoms with E-state index in [2.05, 4.69) is 15.2 Å². The van der Waals surface area contributed by atoms with Crippen LogP contribution in [0.15, 0.2) is 67.0 Å². The first-order valence-electron chi connectivity index (χ1n) is 13.3. The number of pyridine rings is 2. The van der Waals surface area contributed by atoms with Gasteiger partial charge in [-0.3, -0.25) is 0 Å². The van der Waals surface area contributed by atoms with Gasteiger partial charge in [0, 0.05) is 30.9 Å². The molecule has 8 nitrogen and oxygen atoms in total. The first-order valence-corrected chi connectivity index (χ1v) is 13.7. The fraction of sp³-hybridized carbons (Fsp3) is 0.226. The van der Waals surface area contributed by atoms with Crippen LogP contribution in [0.1, 0.15) is 18.4 Å². The normalized spacial score (nSPS) is 13.1. The molecule has 0 atom stereocenters. The number of fused-ring (bicyclic) bond motifs is 1. The molecular formula is C31H29ClFN5O3. The summed E-state index contributed by atoms with van der Waals surface area (Å²) in [5.74, 6) is 1.36. The Hall–Kier alpha value is -4.50. The summed E-state index contributed by atoms with van der Waals surface area (Å²) in [4.78, 5) is 11.6. The molecule has 0 saturated carbocycles. The molecule has 2 aromatic carbocycles. The fourth-order valence-electron chi connectivity index (χ4n) is 5.26. The maximum absolute atomic E-state index is 15.0. The third kappa shape index (κ3) is 5.20. The number of rotatable bonds is 8. The average molecular weight is 574 g/mol. The van der Waals surface area contributed by atoms with Crippen LogP contribution in [0, 0.1) is 5.82 Å². The van der Waals surface area contributed by atoms with Crippen LogP contribution in [0.5, 0.6) is 17.4 Å². The van der Waals surface area contributed by atoms with Gasteiger partial charge in [-0.2, -0.15) is 0 Å². The number of benzene rings is 2. The molecule has 210 valence electrons. The summed E-state index contributed by atoms with van der Waals surface area (Å²) in [5.41, 5.74) is 3.38. The lowest BCUT2D eigenvalue weighted by atomic mass is 10.1. The Labute approximate surface area is 241 Å². The summed E-state index contributed by atoms with van der Waals surface area (Å²) in [6.07, 6.45) is 5.91. The number of ether oxygens (including phenoxy) is 2. The first kappa shape index (κ1) is 26.7. The van der Waals surface area contributed by atoms with Crippen LogP contribution in [0.4, 0.5) is 21.6 Å². The van der Waals surface area contributed by atoms with Crippen LogP contribution in [0.25, 0.3) is 22.2 Å². The molecule has 1 fully saturated rings. The largest absolute Gasteiger partial charge is 0.497 e. The second-order valence-corrected chi connectivity index (χ2v) is 10.3. The van der Waals surface area contributed by atoms with E-state index in [1.54, 1.807) is 49.2 Å². The van der Waals surface area contributed by atoms with Crippen molar-refractivity contribution in [1.29, 1.82) is 0 Å².